The van der Waals surface area contributed by atoms with Crippen LogP contribution in [0.1, 0.15) is 31.7 Å². The second-order valence-electron chi connectivity index (χ2n) is 5.21. The average molecular weight is 257 g/mol. The van der Waals surface area contributed by atoms with Gasteiger partial charge in [0.05, 0.1) is 11.3 Å². The third-order valence-electron chi connectivity index (χ3n) is 3.92. The second-order valence-corrected chi connectivity index (χ2v) is 5.21. The Morgan fingerprint density at radius 1 is 1.16 bits per heavy atom. The summed E-state index contributed by atoms with van der Waals surface area (Å²) in [7, 11) is 0. The highest BCUT2D eigenvalue weighted by Gasteiger charge is 2.23. The summed E-state index contributed by atoms with van der Waals surface area (Å²) in [5, 5.41) is 12.2. The first-order valence-electron chi connectivity index (χ1n) is 6.96. The normalized spacial score (nSPS) is 19.8. The Balaban J connectivity index is 2.02. The van der Waals surface area contributed by atoms with Crippen molar-refractivity contribution < 1.29 is 4.74 Å². The van der Waals surface area contributed by atoms with Gasteiger partial charge in [0.25, 0.3) is 0 Å². The molecule has 19 heavy (non-hydrogen) atoms. The molecule has 1 fully saturated rings. The number of rotatable bonds is 0. The van der Waals surface area contributed by atoms with Gasteiger partial charge in [-0.3, -0.25) is 0 Å². The molecular formula is C15H19N3O. The van der Waals surface area contributed by atoms with Crippen molar-refractivity contribution >= 4 is 17.2 Å². The molecule has 0 radical (unpaired) electrons. The quantitative estimate of drug-likeness (QED) is 0.529. The number of fused-ring (bicyclic) bond motifs is 1. The van der Waals surface area contributed by atoms with Gasteiger partial charge in [-0.2, -0.15) is 0 Å². The zero-order valence-electron chi connectivity index (χ0n) is 11.3. The van der Waals surface area contributed by atoms with Crippen molar-refractivity contribution in [3.63, 3.8) is 0 Å². The number of benzene rings is 1. The van der Waals surface area contributed by atoms with Gasteiger partial charge in [0, 0.05) is 20.0 Å². The minimum Gasteiger partial charge on any atom is -0.623 e. The molecule has 0 bridgehead atoms. The van der Waals surface area contributed by atoms with Crippen LogP contribution in [0.15, 0.2) is 29.3 Å². The molecular weight excluding hydrogens is 238 g/mol. The van der Waals surface area contributed by atoms with Crippen molar-refractivity contribution in [2.75, 3.05) is 19.6 Å². The second kappa shape index (κ2) is 5.03. The Labute approximate surface area is 113 Å². The summed E-state index contributed by atoms with van der Waals surface area (Å²) in [6.45, 7) is 4.28. The minimum atomic E-state index is 0.362. The van der Waals surface area contributed by atoms with E-state index in [1.807, 2.05) is 31.2 Å². The lowest BCUT2D eigenvalue weighted by Crippen LogP contribution is -2.39. The highest BCUT2D eigenvalue weighted by Crippen LogP contribution is 2.23. The predicted molar refractivity (Wildman–Crippen MR) is 77.2 cm³/mol. The Kier molecular flexibility index (Phi) is 3.23. The molecule has 0 aliphatic carbocycles. The van der Waals surface area contributed by atoms with E-state index in [4.69, 9.17) is 4.99 Å². The van der Waals surface area contributed by atoms with E-state index >= 15 is 0 Å². The SMILES string of the molecule is CC1=[N+]([O-])CC(N2CCCCC2)=Nc2ccccc21. The molecule has 2 heterocycles. The van der Waals surface area contributed by atoms with E-state index in [2.05, 4.69) is 4.90 Å². The topological polar surface area (TPSA) is 41.7 Å². The summed E-state index contributed by atoms with van der Waals surface area (Å²) >= 11 is 0. The Hall–Kier alpha value is -1.84. The summed E-state index contributed by atoms with van der Waals surface area (Å²) in [5.74, 6) is 0.916. The van der Waals surface area contributed by atoms with Crippen molar-refractivity contribution in [2.24, 2.45) is 4.99 Å². The van der Waals surface area contributed by atoms with Gasteiger partial charge in [0.15, 0.2) is 11.5 Å². The van der Waals surface area contributed by atoms with E-state index in [-0.39, 0.29) is 0 Å². The van der Waals surface area contributed by atoms with E-state index < -0.39 is 0 Å². The Bertz CT molecular complexity index is 542. The van der Waals surface area contributed by atoms with Gasteiger partial charge in [0.1, 0.15) is 0 Å². The van der Waals surface area contributed by atoms with Gasteiger partial charge < -0.3 is 10.1 Å². The van der Waals surface area contributed by atoms with Crippen LogP contribution in [0.4, 0.5) is 5.69 Å². The lowest BCUT2D eigenvalue weighted by atomic mass is 10.1. The summed E-state index contributed by atoms with van der Waals surface area (Å²) < 4.78 is 1.07. The van der Waals surface area contributed by atoms with Gasteiger partial charge >= 0.3 is 0 Å². The number of piperidine rings is 1. The molecule has 0 amide bonds. The smallest absolute Gasteiger partial charge is 0.210 e. The maximum atomic E-state index is 12.2. The van der Waals surface area contributed by atoms with E-state index in [1.165, 1.54) is 19.3 Å². The van der Waals surface area contributed by atoms with Crippen molar-refractivity contribution in [1.29, 1.82) is 0 Å². The third-order valence-corrected chi connectivity index (χ3v) is 3.92. The standard InChI is InChI=1S/C15H19N3O/c1-12-13-7-3-4-8-14(13)16-15(11-18(12)19)17-9-5-2-6-10-17/h3-4,7-8H,2,5-6,9-11H2,1H3. The molecule has 1 saturated heterocycles. The first kappa shape index (κ1) is 12.2. The first-order valence-corrected chi connectivity index (χ1v) is 6.96. The molecule has 0 unspecified atom stereocenters. The van der Waals surface area contributed by atoms with Crippen LogP contribution in [0.3, 0.4) is 0 Å². The predicted octanol–water partition coefficient (Wildman–Crippen LogP) is 2.54. The molecule has 0 atom stereocenters. The van der Waals surface area contributed by atoms with Gasteiger partial charge in [-0.15, -0.1) is 0 Å². The zero-order chi connectivity index (χ0) is 13.2. The van der Waals surface area contributed by atoms with Crippen LogP contribution in [0, 0.1) is 5.21 Å². The number of hydroxylamine groups is 1. The molecule has 3 rings (SSSR count). The lowest BCUT2D eigenvalue weighted by molar-refractivity contribution is -0.441. The first-order chi connectivity index (χ1) is 9.25. The number of para-hydroxylation sites is 1. The fraction of sp³-hybridized carbons (Fsp3) is 0.467. The van der Waals surface area contributed by atoms with Crippen molar-refractivity contribution in [3.05, 3.63) is 35.0 Å². The average Bonchev–Trinajstić information content (AvgIpc) is 2.58. The van der Waals surface area contributed by atoms with Gasteiger partial charge in [0.2, 0.25) is 6.54 Å². The number of hydrogen-bond acceptors (Lipinski definition) is 3. The van der Waals surface area contributed by atoms with Crippen LogP contribution < -0.4 is 0 Å². The monoisotopic (exact) mass is 257 g/mol. The van der Waals surface area contributed by atoms with E-state index in [0.717, 1.165) is 40.6 Å². The summed E-state index contributed by atoms with van der Waals surface area (Å²) in [6, 6.07) is 7.89. The van der Waals surface area contributed by atoms with Crippen LogP contribution >= 0.6 is 0 Å². The highest BCUT2D eigenvalue weighted by molar-refractivity contribution is 6.02. The molecule has 2 aliphatic heterocycles. The van der Waals surface area contributed by atoms with E-state index in [1.54, 1.807) is 0 Å². The van der Waals surface area contributed by atoms with Gasteiger partial charge in [-0.25, -0.2) is 9.73 Å². The zero-order valence-corrected chi connectivity index (χ0v) is 11.3. The van der Waals surface area contributed by atoms with Crippen LogP contribution in [0.25, 0.3) is 0 Å². The molecule has 0 spiro atoms. The molecule has 0 aromatic heterocycles. The van der Waals surface area contributed by atoms with Crippen LogP contribution in [0.5, 0.6) is 0 Å². The van der Waals surface area contributed by atoms with Crippen LogP contribution in [-0.2, 0) is 0 Å². The van der Waals surface area contributed by atoms with Crippen molar-refractivity contribution in [1.82, 2.24) is 4.90 Å². The molecule has 0 N–H and O–H groups in total. The van der Waals surface area contributed by atoms with Crippen molar-refractivity contribution in [2.45, 2.75) is 26.2 Å². The maximum absolute atomic E-state index is 12.2. The number of likely N-dealkylation sites (tertiary alicyclic amines) is 1. The summed E-state index contributed by atoms with van der Waals surface area (Å²) in [6.07, 6.45) is 3.68. The molecule has 100 valence electrons. The molecule has 1 aromatic carbocycles. The number of aliphatic imine (C=N–C) groups is 1. The number of nitrogens with zero attached hydrogens (tertiary/aromatic N) is 3. The molecule has 4 nitrogen and oxygen atoms in total. The van der Waals surface area contributed by atoms with Gasteiger partial charge in [-0.05, 0) is 31.4 Å². The van der Waals surface area contributed by atoms with Crippen LogP contribution in [-0.4, -0.2) is 40.8 Å². The largest absolute Gasteiger partial charge is 0.623 e. The molecule has 2 aliphatic rings. The summed E-state index contributed by atoms with van der Waals surface area (Å²) in [5.41, 5.74) is 2.62. The lowest BCUT2D eigenvalue weighted by Gasteiger charge is -2.28. The van der Waals surface area contributed by atoms with Crippen LogP contribution in [0.2, 0.25) is 0 Å². The summed E-state index contributed by atoms with van der Waals surface area (Å²) in [4.78, 5) is 7.01. The number of amidine groups is 1. The van der Waals surface area contributed by atoms with E-state index in [9.17, 15) is 5.21 Å². The Morgan fingerprint density at radius 3 is 2.68 bits per heavy atom. The van der Waals surface area contributed by atoms with Crippen molar-refractivity contribution in [3.8, 4) is 0 Å². The molecule has 0 saturated carbocycles. The fourth-order valence-electron chi connectivity index (χ4n) is 2.76. The minimum absolute atomic E-state index is 0.362. The highest BCUT2D eigenvalue weighted by atomic mass is 16.5. The molecule has 1 aromatic rings. The van der Waals surface area contributed by atoms with E-state index in [0.29, 0.717) is 6.54 Å². The fourth-order valence-corrected chi connectivity index (χ4v) is 2.76. The van der Waals surface area contributed by atoms with Gasteiger partial charge in [-0.1, -0.05) is 12.1 Å². The maximum Gasteiger partial charge on any atom is 0.210 e. The number of hydrogen-bond donors (Lipinski definition) is 0. The Morgan fingerprint density at radius 2 is 1.89 bits per heavy atom. The third kappa shape index (κ3) is 2.35. The molecule has 4 heteroatoms.